The number of non-ortho nitro benzene ring substituents is 1. The second-order valence-electron chi connectivity index (χ2n) is 3.78. The van der Waals surface area contributed by atoms with Crippen molar-refractivity contribution in [3.63, 3.8) is 0 Å². The fourth-order valence-corrected chi connectivity index (χ4v) is 1.51. The second kappa shape index (κ2) is 6.08. The van der Waals surface area contributed by atoms with E-state index in [1.807, 2.05) is 0 Å². The Balaban J connectivity index is 2.84. The largest absolute Gasteiger partial charge is 0.394 e. The molecule has 1 amide bonds. The number of nitrogens with zero attached hydrogens (tertiary/aromatic N) is 1. The maximum Gasteiger partial charge on any atom is 0.269 e. The number of nitro groups is 1. The number of carbonyl (C=O) groups is 1. The Morgan fingerprint density at radius 2 is 2.00 bits per heavy atom. The molecule has 0 unspecified atom stereocenters. The van der Waals surface area contributed by atoms with E-state index in [4.69, 9.17) is 5.11 Å². The molecule has 1 aromatic carbocycles. The number of aliphatic hydroxyl groups excluding tert-OH is 2. The number of hydrogen-bond acceptors (Lipinski definition) is 5. The lowest BCUT2D eigenvalue weighted by atomic mass is 10.0. The van der Waals surface area contributed by atoms with E-state index >= 15 is 0 Å². The van der Waals surface area contributed by atoms with Crippen molar-refractivity contribution in [3.8, 4) is 0 Å². The molecule has 98 valence electrons. The van der Waals surface area contributed by atoms with Crippen molar-refractivity contribution in [2.24, 2.45) is 0 Å². The number of nitro benzene ring substituents is 1. The molecule has 0 fully saturated rings. The normalized spacial score (nSPS) is 13.7. The second-order valence-corrected chi connectivity index (χ2v) is 3.78. The van der Waals surface area contributed by atoms with Crippen LogP contribution in [0.3, 0.4) is 0 Å². The maximum absolute atomic E-state index is 10.9. The van der Waals surface area contributed by atoms with Gasteiger partial charge in [0.25, 0.3) is 5.69 Å². The van der Waals surface area contributed by atoms with Gasteiger partial charge in [-0.25, -0.2) is 0 Å². The summed E-state index contributed by atoms with van der Waals surface area (Å²) in [6.07, 6.45) is -1.13. The minimum atomic E-state index is -1.13. The Hall–Kier alpha value is -1.99. The Morgan fingerprint density at radius 1 is 1.44 bits per heavy atom. The van der Waals surface area contributed by atoms with E-state index in [9.17, 15) is 20.0 Å². The predicted molar refractivity (Wildman–Crippen MR) is 62.7 cm³/mol. The average Bonchev–Trinajstić information content (AvgIpc) is 2.35. The molecule has 1 aromatic rings. The molecule has 7 nitrogen and oxygen atoms in total. The van der Waals surface area contributed by atoms with Crippen LogP contribution in [0.15, 0.2) is 24.3 Å². The summed E-state index contributed by atoms with van der Waals surface area (Å²) in [6.45, 7) is 0.836. The number of aliphatic hydroxyl groups is 2. The average molecular weight is 254 g/mol. The number of benzene rings is 1. The van der Waals surface area contributed by atoms with Gasteiger partial charge in [0.05, 0.1) is 17.6 Å². The lowest BCUT2D eigenvalue weighted by molar-refractivity contribution is -0.384. The quantitative estimate of drug-likeness (QED) is 0.510. The first-order valence-electron chi connectivity index (χ1n) is 5.26. The van der Waals surface area contributed by atoms with Crippen LogP contribution in [0.5, 0.6) is 0 Å². The van der Waals surface area contributed by atoms with E-state index in [-0.39, 0.29) is 11.6 Å². The molecule has 0 aromatic heterocycles. The first-order valence-corrected chi connectivity index (χ1v) is 5.26. The van der Waals surface area contributed by atoms with Crippen molar-refractivity contribution in [2.75, 3.05) is 6.61 Å². The van der Waals surface area contributed by atoms with Crippen molar-refractivity contribution in [1.82, 2.24) is 5.32 Å². The standard InChI is InChI=1S/C11H14N2O5/c1-7(15)12-10(6-14)11(16)8-2-4-9(5-3-8)13(17)18/h2-5,10-11,14,16H,6H2,1H3,(H,12,15)/t10-,11-/m0/s1. The number of rotatable bonds is 5. The van der Waals surface area contributed by atoms with Gasteiger partial charge in [-0.2, -0.15) is 0 Å². The highest BCUT2D eigenvalue weighted by Crippen LogP contribution is 2.20. The van der Waals surface area contributed by atoms with Crippen molar-refractivity contribution >= 4 is 11.6 Å². The molecule has 1 rings (SSSR count). The van der Waals surface area contributed by atoms with Crippen molar-refractivity contribution in [1.29, 1.82) is 0 Å². The van der Waals surface area contributed by atoms with Crippen LogP contribution in [0, 0.1) is 10.1 Å². The van der Waals surface area contributed by atoms with Gasteiger partial charge < -0.3 is 15.5 Å². The summed E-state index contributed by atoms with van der Waals surface area (Å²) in [6, 6.07) is 4.42. The molecule has 0 aliphatic heterocycles. The molecule has 0 saturated heterocycles. The van der Waals surface area contributed by atoms with Gasteiger partial charge in [-0.1, -0.05) is 0 Å². The summed E-state index contributed by atoms with van der Waals surface area (Å²) in [5.41, 5.74) is 0.291. The van der Waals surface area contributed by atoms with Gasteiger partial charge in [-0.3, -0.25) is 14.9 Å². The monoisotopic (exact) mass is 254 g/mol. The molecule has 18 heavy (non-hydrogen) atoms. The Bertz CT molecular complexity index is 432. The molecule has 0 aliphatic carbocycles. The molecule has 0 bridgehead atoms. The molecule has 2 atom stereocenters. The zero-order valence-corrected chi connectivity index (χ0v) is 9.74. The van der Waals surface area contributed by atoms with Crippen molar-refractivity contribution in [2.45, 2.75) is 19.1 Å². The number of nitrogens with one attached hydrogen (secondary N) is 1. The fraction of sp³-hybridized carbons (Fsp3) is 0.364. The van der Waals surface area contributed by atoms with Gasteiger partial charge in [0.2, 0.25) is 5.91 Å². The summed E-state index contributed by atoms with van der Waals surface area (Å²) in [5.74, 6) is -0.380. The predicted octanol–water partition coefficient (Wildman–Crippen LogP) is 0.125. The van der Waals surface area contributed by atoms with Gasteiger partial charge in [0, 0.05) is 19.1 Å². The highest BCUT2D eigenvalue weighted by molar-refractivity contribution is 5.73. The summed E-state index contributed by atoms with van der Waals surface area (Å²) in [7, 11) is 0. The zero-order chi connectivity index (χ0) is 13.7. The molecular formula is C11H14N2O5. The van der Waals surface area contributed by atoms with Crippen molar-refractivity contribution < 1.29 is 19.9 Å². The highest BCUT2D eigenvalue weighted by atomic mass is 16.6. The smallest absolute Gasteiger partial charge is 0.269 e. The number of carbonyl (C=O) groups excluding carboxylic acids is 1. The van der Waals surface area contributed by atoms with Crippen LogP contribution in [0.4, 0.5) is 5.69 Å². The molecule has 3 N–H and O–H groups in total. The third kappa shape index (κ3) is 3.51. The fourth-order valence-electron chi connectivity index (χ4n) is 1.51. The molecule has 0 spiro atoms. The number of amides is 1. The van der Waals surface area contributed by atoms with Gasteiger partial charge in [0.15, 0.2) is 0 Å². The first kappa shape index (κ1) is 14.1. The minimum Gasteiger partial charge on any atom is -0.394 e. The lowest BCUT2D eigenvalue weighted by Gasteiger charge is -2.21. The van der Waals surface area contributed by atoms with Crippen LogP contribution in [0.1, 0.15) is 18.6 Å². The maximum atomic E-state index is 10.9. The van der Waals surface area contributed by atoms with Crippen LogP contribution in [0.2, 0.25) is 0 Å². The molecule has 0 heterocycles. The molecular weight excluding hydrogens is 240 g/mol. The summed E-state index contributed by atoms with van der Waals surface area (Å²) < 4.78 is 0. The third-order valence-corrected chi connectivity index (χ3v) is 2.41. The van der Waals surface area contributed by atoms with Gasteiger partial charge >= 0.3 is 0 Å². The lowest BCUT2D eigenvalue weighted by Crippen LogP contribution is -2.40. The van der Waals surface area contributed by atoms with Crippen LogP contribution in [0.25, 0.3) is 0 Å². The zero-order valence-electron chi connectivity index (χ0n) is 9.74. The Morgan fingerprint density at radius 3 is 2.39 bits per heavy atom. The molecule has 0 saturated carbocycles. The van der Waals surface area contributed by atoms with E-state index in [0.717, 1.165) is 0 Å². The molecule has 0 radical (unpaired) electrons. The van der Waals surface area contributed by atoms with Gasteiger partial charge in [-0.15, -0.1) is 0 Å². The topological polar surface area (TPSA) is 113 Å². The van der Waals surface area contributed by atoms with Gasteiger partial charge in [-0.05, 0) is 17.7 Å². The Labute approximate surface area is 103 Å². The summed E-state index contributed by atoms with van der Waals surface area (Å²) in [4.78, 5) is 20.8. The SMILES string of the molecule is CC(=O)N[C@@H](CO)[C@@H](O)c1ccc([N+](=O)[O-])cc1. The summed E-state index contributed by atoms with van der Waals surface area (Å²) in [5, 5.41) is 31.8. The van der Waals surface area contributed by atoms with Crippen LogP contribution in [-0.2, 0) is 4.79 Å². The summed E-state index contributed by atoms with van der Waals surface area (Å²) >= 11 is 0. The van der Waals surface area contributed by atoms with Crippen LogP contribution in [-0.4, -0.2) is 33.7 Å². The van der Waals surface area contributed by atoms with E-state index in [0.29, 0.717) is 5.56 Å². The van der Waals surface area contributed by atoms with Crippen molar-refractivity contribution in [3.05, 3.63) is 39.9 Å². The van der Waals surface area contributed by atoms with E-state index < -0.39 is 23.7 Å². The van der Waals surface area contributed by atoms with E-state index in [2.05, 4.69) is 5.32 Å². The van der Waals surface area contributed by atoms with Gasteiger partial charge in [0.1, 0.15) is 6.10 Å². The highest BCUT2D eigenvalue weighted by Gasteiger charge is 2.21. The van der Waals surface area contributed by atoms with Crippen LogP contribution >= 0.6 is 0 Å². The van der Waals surface area contributed by atoms with E-state index in [1.165, 1.54) is 31.2 Å². The van der Waals surface area contributed by atoms with E-state index in [1.54, 1.807) is 0 Å². The first-order chi connectivity index (χ1) is 8.45. The Kier molecular flexibility index (Phi) is 4.75. The molecule has 0 aliphatic rings. The molecule has 7 heteroatoms. The minimum absolute atomic E-state index is 0.0916. The number of hydrogen-bond donors (Lipinski definition) is 3. The third-order valence-electron chi connectivity index (χ3n) is 2.41. The van der Waals surface area contributed by atoms with Crippen LogP contribution < -0.4 is 5.32 Å².